The van der Waals surface area contributed by atoms with Crippen LogP contribution < -0.4 is 15.0 Å². The van der Waals surface area contributed by atoms with Crippen LogP contribution in [-0.4, -0.2) is 51.4 Å². The van der Waals surface area contributed by atoms with Crippen molar-refractivity contribution in [2.24, 2.45) is 4.99 Å². The van der Waals surface area contributed by atoms with Crippen molar-refractivity contribution in [1.82, 2.24) is 4.98 Å². The van der Waals surface area contributed by atoms with E-state index in [0.717, 1.165) is 34.6 Å². The molecule has 1 N–H and O–H groups in total. The van der Waals surface area contributed by atoms with Crippen LogP contribution >= 0.6 is 11.3 Å². The number of nitrogens with one attached hydrogen (secondary N) is 1. The van der Waals surface area contributed by atoms with Crippen LogP contribution in [0.15, 0.2) is 76.6 Å². The van der Waals surface area contributed by atoms with Crippen molar-refractivity contribution in [3.8, 4) is 5.75 Å². The summed E-state index contributed by atoms with van der Waals surface area (Å²) in [4.78, 5) is 24.6. The summed E-state index contributed by atoms with van der Waals surface area (Å²) in [7, 11) is -1.68. The molecule has 3 aromatic carbocycles. The highest BCUT2D eigenvalue weighted by Crippen LogP contribution is 2.31. The van der Waals surface area contributed by atoms with Gasteiger partial charge in [-0.2, -0.15) is 0 Å². The van der Waals surface area contributed by atoms with Crippen LogP contribution in [0.1, 0.15) is 38.0 Å². The Balaban J connectivity index is 1.63. The number of fused-ring (bicyclic) bond motifs is 1. The van der Waals surface area contributed by atoms with Crippen molar-refractivity contribution in [1.29, 1.82) is 0 Å². The molecule has 0 radical (unpaired) electrons. The van der Waals surface area contributed by atoms with Gasteiger partial charge in [0.2, 0.25) is 6.10 Å². The molecule has 0 bridgehead atoms. The number of carbonyl (C=O) groups excluding carboxylic acids is 1. The zero-order valence-corrected chi connectivity index (χ0v) is 24.1. The SMILES string of the molecule is CCN(CC)c1ccc2sc(NC(=O)C(Oc3ccc(C=NC)cc3)c3ccc(S(=O)(=O)CC)cc3)nc2c1. The van der Waals surface area contributed by atoms with Crippen LogP contribution in [0.2, 0.25) is 0 Å². The molecule has 0 fully saturated rings. The van der Waals surface area contributed by atoms with Crippen LogP contribution in [0.4, 0.5) is 10.8 Å². The lowest BCUT2D eigenvalue weighted by molar-refractivity contribution is -0.123. The molecule has 0 aliphatic carbocycles. The highest BCUT2D eigenvalue weighted by Gasteiger charge is 2.25. The number of nitrogens with zero attached hydrogens (tertiary/aromatic N) is 3. The van der Waals surface area contributed by atoms with Gasteiger partial charge >= 0.3 is 0 Å². The number of thiazole rings is 1. The lowest BCUT2D eigenvalue weighted by Crippen LogP contribution is -2.25. The number of carbonyl (C=O) groups is 1. The van der Waals surface area contributed by atoms with Gasteiger partial charge < -0.3 is 9.64 Å². The fourth-order valence-corrected chi connectivity index (χ4v) is 5.87. The number of sulfone groups is 1. The minimum absolute atomic E-state index is 0.00618. The zero-order chi connectivity index (χ0) is 28.0. The standard InChI is InChI=1S/C29H32N4O4S2/c1-5-33(6-2)22-12-17-26-25(18-22)31-29(38-26)32-28(34)27(37-23-13-8-20(9-14-23)19-30-4)21-10-15-24(16-11-21)39(35,36)7-3/h8-19,27H,5-7H2,1-4H3,(H,31,32,34). The van der Waals surface area contributed by atoms with E-state index >= 15 is 0 Å². The van der Waals surface area contributed by atoms with Gasteiger partial charge in [-0.05, 0) is 74.0 Å². The first kappa shape index (κ1) is 28.3. The quantitative estimate of drug-likeness (QED) is 0.233. The summed E-state index contributed by atoms with van der Waals surface area (Å²) in [6.45, 7) is 7.59. The molecule has 204 valence electrons. The van der Waals surface area contributed by atoms with Crippen LogP contribution in [0.5, 0.6) is 5.75 Å². The Morgan fingerprint density at radius 2 is 1.74 bits per heavy atom. The molecule has 1 aromatic heterocycles. The van der Waals surface area contributed by atoms with E-state index < -0.39 is 21.8 Å². The minimum Gasteiger partial charge on any atom is -0.476 e. The number of benzene rings is 3. The van der Waals surface area contributed by atoms with Gasteiger partial charge in [-0.15, -0.1) is 0 Å². The van der Waals surface area contributed by atoms with Gasteiger partial charge in [0.05, 0.1) is 20.9 Å². The van der Waals surface area contributed by atoms with Crippen molar-refractivity contribution >= 4 is 54.3 Å². The Kier molecular flexibility index (Phi) is 8.98. The number of rotatable bonds is 11. The highest BCUT2D eigenvalue weighted by molar-refractivity contribution is 7.91. The molecule has 1 unspecified atom stereocenters. The predicted octanol–water partition coefficient (Wildman–Crippen LogP) is 5.74. The fourth-order valence-electron chi connectivity index (χ4n) is 4.13. The Hall–Kier alpha value is -3.76. The average Bonchev–Trinajstić information content (AvgIpc) is 3.35. The monoisotopic (exact) mass is 564 g/mol. The van der Waals surface area contributed by atoms with E-state index in [4.69, 9.17) is 4.74 Å². The third-order valence-corrected chi connectivity index (χ3v) is 9.00. The molecule has 0 aliphatic rings. The van der Waals surface area contributed by atoms with Crippen LogP contribution in [0.25, 0.3) is 10.2 Å². The molecule has 0 saturated carbocycles. The lowest BCUT2D eigenvalue weighted by Gasteiger charge is -2.20. The normalized spacial score (nSPS) is 12.5. The topological polar surface area (TPSA) is 101 Å². The summed E-state index contributed by atoms with van der Waals surface area (Å²) in [5.74, 6) is 0.0680. The Bertz CT molecular complexity index is 1560. The molecule has 10 heteroatoms. The van der Waals surface area contributed by atoms with Gasteiger partial charge in [0.25, 0.3) is 5.91 Å². The Labute approximate surface area is 233 Å². The van der Waals surface area contributed by atoms with Crippen molar-refractivity contribution in [2.75, 3.05) is 36.1 Å². The van der Waals surface area contributed by atoms with Crippen molar-refractivity contribution in [3.63, 3.8) is 0 Å². The number of anilines is 2. The van der Waals surface area contributed by atoms with E-state index in [0.29, 0.717) is 16.4 Å². The lowest BCUT2D eigenvalue weighted by atomic mass is 10.1. The maximum Gasteiger partial charge on any atom is 0.271 e. The molecule has 0 spiro atoms. The molecule has 39 heavy (non-hydrogen) atoms. The first-order chi connectivity index (χ1) is 18.8. The van der Waals surface area contributed by atoms with Crippen molar-refractivity contribution < 1.29 is 17.9 Å². The minimum atomic E-state index is -3.37. The largest absolute Gasteiger partial charge is 0.476 e. The van der Waals surface area contributed by atoms with Crippen LogP contribution in [-0.2, 0) is 14.6 Å². The van der Waals surface area contributed by atoms with Crippen molar-refractivity contribution in [2.45, 2.75) is 31.8 Å². The smallest absolute Gasteiger partial charge is 0.271 e. The molecule has 4 rings (SSSR count). The molecule has 1 heterocycles. The van der Waals surface area contributed by atoms with E-state index in [-0.39, 0.29) is 10.6 Å². The molecule has 0 saturated heterocycles. The van der Waals surface area contributed by atoms with Gasteiger partial charge in [-0.1, -0.05) is 30.4 Å². The van der Waals surface area contributed by atoms with E-state index in [1.165, 1.54) is 23.5 Å². The van der Waals surface area contributed by atoms with Gasteiger partial charge in [0.1, 0.15) is 5.75 Å². The summed E-state index contributed by atoms with van der Waals surface area (Å²) in [6, 6.07) is 19.5. The van der Waals surface area contributed by atoms with Crippen LogP contribution in [0.3, 0.4) is 0 Å². The second-order valence-corrected chi connectivity index (χ2v) is 12.1. The Morgan fingerprint density at radius 1 is 1.05 bits per heavy atom. The van der Waals surface area contributed by atoms with E-state index in [1.54, 1.807) is 44.5 Å². The summed E-state index contributed by atoms with van der Waals surface area (Å²) in [5.41, 5.74) is 3.31. The third kappa shape index (κ3) is 6.63. The average molecular weight is 565 g/mol. The predicted molar refractivity (Wildman–Crippen MR) is 159 cm³/mol. The second kappa shape index (κ2) is 12.4. The van der Waals surface area contributed by atoms with E-state index in [2.05, 4.69) is 40.1 Å². The highest BCUT2D eigenvalue weighted by atomic mass is 32.2. The maximum atomic E-state index is 13.6. The Morgan fingerprint density at radius 3 is 2.36 bits per heavy atom. The number of hydrogen-bond acceptors (Lipinski definition) is 8. The van der Waals surface area contributed by atoms with Crippen LogP contribution in [0, 0.1) is 0 Å². The maximum absolute atomic E-state index is 13.6. The van der Waals surface area contributed by atoms with Gasteiger partial charge in [-0.25, -0.2) is 13.4 Å². The summed E-state index contributed by atoms with van der Waals surface area (Å²) >= 11 is 1.39. The van der Waals surface area contributed by atoms with Gasteiger partial charge in [-0.3, -0.25) is 15.1 Å². The van der Waals surface area contributed by atoms with E-state index in [9.17, 15) is 13.2 Å². The number of aromatic nitrogens is 1. The first-order valence-corrected chi connectivity index (χ1v) is 15.2. The summed E-state index contributed by atoms with van der Waals surface area (Å²) in [6.07, 6.45) is 0.687. The van der Waals surface area contributed by atoms with Gasteiger partial charge in [0.15, 0.2) is 15.0 Å². The van der Waals surface area contributed by atoms with E-state index in [1.807, 2.05) is 24.3 Å². The zero-order valence-electron chi connectivity index (χ0n) is 22.4. The molecular formula is C29H32N4O4S2. The third-order valence-electron chi connectivity index (χ3n) is 6.30. The number of amides is 1. The summed E-state index contributed by atoms with van der Waals surface area (Å²) in [5, 5.41) is 3.36. The number of ether oxygens (including phenoxy) is 1. The van der Waals surface area contributed by atoms with Crippen molar-refractivity contribution in [3.05, 3.63) is 77.9 Å². The molecule has 8 nitrogen and oxygen atoms in total. The molecule has 1 amide bonds. The number of hydrogen-bond donors (Lipinski definition) is 1. The first-order valence-electron chi connectivity index (χ1n) is 12.8. The number of aliphatic imine (C=N–C) groups is 1. The summed E-state index contributed by atoms with van der Waals surface area (Å²) < 4.78 is 31.7. The molecule has 0 aliphatic heterocycles. The van der Waals surface area contributed by atoms with Gasteiger partial charge in [0, 0.05) is 37.6 Å². The fraction of sp³-hybridized carbons (Fsp3) is 0.276. The molecular weight excluding hydrogens is 532 g/mol. The molecule has 1 atom stereocenters. The molecule has 4 aromatic rings. The second-order valence-electron chi connectivity index (χ2n) is 8.76.